The van der Waals surface area contributed by atoms with Crippen molar-refractivity contribution in [2.75, 3.05) is 7.05 Å². The van der Waals surface area contributed by atoms with Crippen molar-refractivity contribution in [2.24, 2.45) is 17.1 Å². The average Bonchev–Trinajstić information content (AvgIpc) is 3.29. The van der Waals surface area contributed by atoms with Crippen molar-refractivity contribution < 1.29 is 9.59 Å². The summed E-state index contributed by atoms with van der Waals surface area (Å²) in [4.78, 5) is 26.1. The van der Waals surface area contributed by atoms with E-state index in [1.807, 2.05) is 30.3 Å². The van der Waals surface area contributed by atoms with Crippen molar-refractivity contribution in [3.8, 4) is 0 Å². The Morgan fingerprint density at radius 1 is 1.18 bits per heavy atom. The lowest BCUT2D eigenvalue weighted by atomic mass is 9.94. The number of nitrogens with zero attached hydrogens (tertiary/aromatic N) is 1. The van der Waals surface area contributed by atoms with E-state index in [2.05, 4.69) is 13.8 Å². The van der Waals surface area contributed by atoms with Crippen LogP contribution in [0, 0.1) is 11.3 Å². The van der Waals surface area contributed by atoms with Crippen LogP contribution >= 0.6 is 0 Å². The van der Waals surface area contributed by atoms with E-state index in [-0.39, 0.29) is 11.9 Å². The molecule has 0 radical (unpaired) electrons. The Bertz CT molecular complexity index is 535. The number of amides is 2. The van der Waals surface area contributed by atoms with E-state index < -0.39 is 11.3 Å². The van der Waals surface area contributed by atoms with Crippen LogP contribution in [0.2, 0.25) is 0 Å². The fourth-order valence-corrected chi connectivity index (χ4v) is 2.92. The smallest absolute Gasteiger partial charge is 0.238 e. The van der Waals surface area contributed by atoms with Gasteiger partial charge in [-0.15, -0.1) is 0 Å². The number of primary amides is 1. The Kier molecular flexibility index (Phi) is 4.89. The number of hydrogen-bond acceptors (Lipinski definition) is 2. The molecule has 1 aromatic rings. The van der Waals surface area contributed by atoms with Crippen molar-refractivity contribution in [2.45, 2.75) is 45.6 Å². The molecule has 0 bridgehead atoms. The lowest BCUT2D eigenvalue weighted by Crippen LogP contribution is -2.43. The first-order valence-electron chi connectivity index (χ1n) is 8.00. The van der Waals surface area contributed by atoms with E-state index in [4.69, 9.17) is 5.73 Å². The summed E-state index contributed by atoms with van der Waals surface area (Å²) in [5, 5.41) is 0. The molecule has 1 aliphatic carbocycles. The zero-order chi connectivity index (χ0) is 16.3. The first-order chi connectivity index (χ1) is 10.4. The molecule has 2 amide bonds. The van der Waals surface area contributed by atoms with Crippen LogP contribution in [0.4, 0.5) is 0 Å². The molecule has 2 rings (SSSR count). The molecule has 22 heavy (non-hydrogen) atoms. The predicted molar refractivity (Wildman–Crippen MR) is 86.9 cm³/mol. The largest absolute Gasteiger partial charge is 0.369 e. The molecule has 4 heteroatoms. The summed E-state index contributed by atoms with van der Waals surface area (Å²) in [5.41, 5.74) is 5.61. The Balaban J connectivity index is 2.21. The van der Waals surface area contributed by atoms with Gasteiger partial charge in [-0.05, 0) is 37.2 Å². The van der Waals surface area contributed by atoms with E-state index in [0.717, 1.165) is 18.4 Å². The zero-order valence-electron chi connectivity index (χ0n) is 13.7. The second-order valence-corrected chi connectivity index (χ2v) is 6.76. The molecule has 1 fully saturated rings. The molecule has 2 N–H and O–H groups in total. The number of rotatable bonds is 7. The molecule has 0 aliphatic heterocycles. The van der Waals surface area contributed by atoms with Crippen LogP contribution in [0.5, 0.6) is 0 Å². The minimum atomic E-state index is -0.945. The second kappa shape index (κ2) is 6.51. The van der Waals surface area contributed by atoms with E-state index in [1.165, 1.54) is 0 Å². The van der Waals surface area contributed by atoms with Crippen molar-refractivity contribution in [1.29, 1.82) is 0 Å². The van der Waals surface area contributed by atoms with Crippen molar-refractivity contribution in [3.05, 3.63) is 35.9 Å². The van der Waals surface area contributed by atoms with Crippen LogP contribution in [-0.4, -0.2) is 23.8 Å². The monoisotopic (exact) mass is 302 g/mol. The quantitative estimate of drug-likeness (QED) is 0.787. The number of hydrogen-bond donors (Lipinski definition) is 1. The lowest BCUT2D eigenvalue weighted by Gasteiger charge is -2.31. The molecule has 0 saturated heterocycles. The van der Waals surface area contributed by atoms with Crippen molar-refractivity contribution in [1.82, 2.24) is 4.90 Å². The first kappa shape index (κ1) is 16.5. The van der Waals surface area contributed by atoms with Crippen LogP contribution in [0.15, 0.2) is 30.3 Å². The topological polar surface area (TPSA) is 63.4 Å². The van der Waals surface area contributed by atoms with E-state index in [1.54, 1.807) is 11.9 Å². The standard InChI is InChI=1S/C18H26N2O2/c1-13(2)9-10-15(14-7-5-4-6-8-14)20(3)17(22)18(11-12-18)16(19)21/h4-8,13,15H,9-12H2,1-3H3,(H2,19,21)/t15-/m0/s1. The molecule has 0 spiro atoms. The molecular weight excluding hydrogens is 276 g/mol. The molecule has 1 saturated carbocycles. The Morgan fingerprint density at radius 2 is 1.77 bits per heavy atom. The highest BCUT2D eigenvalue weighted by atomic mass is 16.2. The maximum absolute atomic E-state index is 12.8. The van der Waals surface area contributed by atoms with Gasteiger partial charge in [-0.1, -0.05) is 44.2 Å². The van der Waals surface area contributed by atoms with Crippen LogP contribution < -0.4 is 5.73 Å². The highest BCUT2D eigenvalue weighted by Gasteiger charge is 2.57. The van der Waals surface area contributed by atoms with Crippen molar-refractivity contribution in [3.63, 3.8) is 0 Å². The van der Waals surface area contributed by atoms with Crippen LogP contribution in [-0.2, 0) is 9.59 Å². The van der Waals surface area contributed by atoms with Crippen molar-refractivity contribution >= 4 is 11.8 Å². The molecule has 120 valence electrons. The fourth-order valence-electron chi connectivity index (χ4n) is 2.92. The van der Waals surface area contributed by atoms with Gasteiger partial charge in [-0.2, -0.15) is 0 Å². The van der Waals surface area contributed by atoms with Gasteiger partial charge < -0.3 is 10.6 Å². The predicted octanol–water partition coefficient (Wildman–Crippen LogP) is 2.89. The van der Waals surface area contributed by atoms with Crippen LogP contribution in [0.3, 0.4) is 0 Å². The highest BCUT2D eigenvalue weighted by Crippen LogP contribution is 2.48. The van der Waals surface area contributed by atoms with E-state index >= 15 is 0 Å². The van der Waals surface area contributed by atoms with Gasteiger partial charge in [0.1, 0.15) is 5.41 Å². The molecular formula is C18H26N2O2. The maximum Gasteiger partial charge on any atom is 0.238 e. The molecule has 1 atom stereocenters. The summed E-state index contributed by atoms with van der Waals surface area (Å²) in [6.07, 6.45) is 3.08. The fraction of sp³-hybridized carbons (Fsp3) is 0.556. The molecule has 1 aromatic carbocycles. The third-order valence-corrected chi connectivity index (χ3v) is 4.62. The Labute approximate surface area is 132 Å². The lowest BCUT2D eigenvalue weighted by molar-refractivity contribution is -0.143. The molecule has 4 nitrogen and oxygen atoms in total. The maximum atomic E-state index is 12.8. The minimum absolute atomic E-state index is 0.00655. The Hall–Kier alpha value is -1.84. The summed E-state index contributed by atoms with van der Waals surface area (Å²) >= 11 is 0. The third kappa shape index (κ3) is 3.32. The number of benzene rings is 1. The summed E-state index contributed by atoms with van der Waals surface area (Å²) in [7, 11) is 1.79. The van der Waals surface area contributed by atoms with Crippen LogP contribution in [0.25, 0.3) is 0 Å². The van der Waals surface area contributed by atoms with Gasteiger partial charge >= 0.3 is 0 Å². The second-order valence-electron chi connectivity index (χ2n) is 6.76. The molecule has 1 aliphatic rings. The average molecular weight is 302 g/mol. The first-order valence-corrected chi connectivity index (χ1v) is 8.00. The number of carbonyl (C=O) groups excluding carboxylic acids is 2. The minimum Gasteiger partial charge on any atom is -0.369 e. The molecule has 0 heterocycles. The van der Waals surface area contributed by atoms with Gasteiger partial charge in [0.2, 0.25) is 11.8 Å². The SMILES string of the molecule is CC(C)CC[C@@H](c1ccccc1)N(C)C(=O)C1(C(N)=O)CC1. The Morgan fingerprint density at radius 3 is 2.23 bits per heavy atom. The highest BCUT2D eigenvalue weighted by molar-refractivity contribution is 6.07. The van der Waals surface area contributed by atoms with Gasteiger partial charge in [-0.3, -0.25) is 9.59 Å². The van der Waals surface area contributed by atoms with E-state index in [9.17, 15) is 9.59 Å². The van der Waals surface area contributed by atoms with E-state index in [0.29, 0.717) is 18.8 Å². The number of nitrogens with two attached hydrogens (primary N) is 1. The normalized spacial score (nSPS) is 17.1. The number of carbonyl (C=O) groups is 2. The van der Waals surface area contributed by atoms with Gasteiger partial charge in [0.25, 0.3) is 0 Å². The summed E-state index contributed by atoms with van der Waals surface area (Å²) < 4.78 is 0. The van der Waals surface area contributed by atoms with Gasteiger partial charge in [0, 0.05) is 7.05 Å². The molecule has 0 aromatic heterocycles. The van der Waals surface area contributed by atoms with Crippen LogP contribution in [0.1, 0.15) is 51.1 Å². The summed E-state index contributed by atoms with van der Waals surface area (Å²) in [5.74, 6) is -0.0432. The van der Waals surface area contributed by atoms with Gasteiger partial charge in [0.15, 0.2) is 0 Å². The molecule has 0 unspecified atom stereocenters. The third-order valence-electron chi connectivity index (χ3n) is 4.62. The van der Waals surface area contributed by atoms with Gasteiger partial charge in [-0.25, -0.2) is 0 Å². The van der Waals surface area contributed by atoms with Gasteiger partial charge in [0.05, 0.1) is 6.04 Å². The summed E-state index contributed by atoms with van der Waals surface area (Å²) in [6, 6.07) is 10.0. The zero-order valence-corrected chi connectivity index (χ0v) is 13.7. The summed E-state index contributed by atoms with van der Waals surface area (Å²) in [6.45, 7) is 4.35.